The van der Waals surface area contributed by atoms with E-state index in [1.165, 1.54) is 40.8 Å². The predicted octanol–water partition coefficient (Wildman–Crippen LogP) is 6.28. The third-order valence-corrected chi connectivity index (χ3v) is 12.2. The summed E-state index contributed by atoms with van der Waals surface area (Å²) in [5.74, 6) is 0.985. The maximum atomic E-state index is 12.7. The zero-order chi connectivity index (χ0) is 36.3. The van der Waals surface area contributed by atoms with Crippen molar-refractivity contribution in [2.45, 2.75) is 75.2 Å². The first kappa shape index (κ1) is 35.0. The maximum absolute atomic E-state index is 12.7. The number of rotatable bonds is 8. The summed E-state index contributed by atoms with van der Waals surface area (Å²) in [5.41, 5.74) is 8.07. The summed E-state index contributed by atoms with van der Waals surface area (Å²) in [6, 6.07) is 29.2. The SMILES string of the molecule is O=C1CCC(NC(=O)c2ccc(C3CCN(CC4CCN(c5ccc([C@@H]6c7ccc(O)cc7CC[C@@H]6c6ccccc6)cc5)CC4)CC3)cn2)C(=O)N1. The number of anilines is 1. The van der Waals surface area contributed by atoms with Gasteiger partial charge in [0.2, 0.25) is 11.8 Å². The highest BCUT2D eigenvalue weighted by Gasteiger charge is 2.33. The molecule has 3 atom stereocenters. The average Bonchev–Trinajstić information content (AvgIpc) is 3.19. The molecule has 0 saturated carbocycles. The standard InChI is InChI=1S/C44H49N5O4/c50-36-12-14-38-33(26-36)8-13-37(31-4-2-1-3-5-31)42(38)32-6-10-35(11-7-32)49-24-18-29(19-25-49)28-48-22-20-30(21-23-48)34-9-15-39(45-27-34)43(52)46-40-16-17-41(51)47-44(40)53/h1-7,9-12,14-15,26-27,29-30,37,40,42,50H,8,13,16-25,28H2,(H,46,52)(H,47,51,53)/t37-,40?,42+/m1/s1. The second-order valence-corrected chi connectivity index (χ2v) is 15.5. The van der Waals surface area contributed by atoms with Gasteiger partial charge in [0, 0.05) is 43.9 Å². The molecule has 8 rings (SSSR count). The lowest BCUT2D eigenvalue weighted by Gasteiger charge is -2.38. The fourth-order valence-corrected chi connectivity index (χ4v) is 9.20. The lowest BCUT2D eigenvalue weighted by atomic mass is 9.69. The Morgan fingerprint density at radius 1 is 0.792 bits per heavy atom. The van der Waals surface area contributed by atoms with E-state index in [4.69, 9.17) is 0 Å². The number of hydrogen-bond donors (Lipinski definition) is 3. The van der Waals surface area contributed by atoms with Crippen LogP contribution in [-0.2, 0) is 16.0 Å². The van der Waals surface area contributed by atoms with Crippen LogP contribution in [0.5, 0.6) is 5.75 Å². The molecule has 0 radical (unpaired) electrons. The van der Waals surface area contributed by atoms with Crippen LogP contribution in [0.2, 0.25) is 0 Å². The molecule has 3 saturated heterocycles. The van der Waals surface area contributed by atoms with Gasteiger partial charge in [-0.25, -0.2) is 0 Å². The number of aromatic nitrogens is 1. The van der Waals surface area contributed by atoms with Crippen LogP contribution in [0.25, 0.3) is 0 Å². The number of hydrogen-bond acceptors (Lipinski definition) is 7. The molecule has 53 heavy (non-hydrogen) atoms. The lowest BCUT2D eigenvalue weighted by molar-refractivity contribution is -0.134. The third kappa shape index (κ3) is 7.86. The van der Waals surface area contributed by atoms with Crippen molar-refractivity contribution in [2.24, 2.45) is 5.92 Å². The van der Waals surface area contributed by atoms with Crippen LogP contribution >= 0.6 is 0 Å². The maximum Gasteiger partial charge on any atom is 0.270 e. The molecule has 3 aromatic carbocycles. The van der Waals surface area contributed by atoms with Crippen LogP contribution in [0.15, 0.2) is 91.1 Å². The Bertz CT molecular complexity index is 1920. The number of pyridine rings is 1. The molecule has 3 amide bonds. The first-order chi connectivity index (χ1) is 25.9. The summed E-state index contributed by atoms with van der Waals surface area (Å²) < 4.78 is 0. The number of amides is 3. The number of aryl methyl sites for hydroxylation is 1. The summed E-state index contributed by atoms with van der Waals surface area (Å²) in [6.07, 6.45) is 8.93. The van der Waals surface area contributed by atoms with E-state index in [0.29, 0.717) is 29.9 Å². The fourth-order valence-electron chi connectivity index (χ4n) is 9.20. The molecular weight excluding hydrogens is 663 g/mol. The van der Waals surface area contributed by atoms with Crippen molar-refractivity contribution in [1.82, 2.24) is 20.5 Å². The van der Waals surface area contributed by atoms with Crippen LogP contribution in [-0.4, -0.2) is 71.5 Å². The Kier molecular flexibility index (Phi) is 10.3. The number of piperidine rings is 3. The first-order valence-electron chi connectivity index (χ1n) is 19.4. The second kappa shape index (κ2) is 15.5. The minimum atomic E-state index is -0.707. The predicted molar refractivity (Wildman–Crippen MR) is 205 cm³/mol. The van der Waals surface area contributed by atoms with Gasteiger partial charge in [-0.3, -0.25) is 24.7 Å². The highest BCUT2D eigenvalue weighted by Crippen LogP contribution is 2.47. The van der Waals surface area contributed by atoms with Crippen molar-refractivity contribution in [3.8, 4) is 5.75 Å². The zero-order valence-corrected chi connectivity index (χ0v) is 30.3. The number of phenolic OH excluding ortho intramolecular Hbond substituents is 1. The molecular formula is C44H49N5O4. The number of aromatic hydroxyl groups is 1. The smallest absolute Gasteiger partial charge is 0.270 e. The molecule has 3 fully saturated rings. The molecule has 9 nitrogen and oxygen atoms in total. The number of nitrogens with one attached hydrogen (secondary N) is 2. The van der Waals surface area contributed by atoms with Crippen molar-refractivity contribution in [1.29, 1.82) is 0 Å². The van der Waals surface area contributed by atoms with E-state index in [9.17, 15) is 19.5 Å². The normalized spacial score (nSPS) is 22.9. The van der Waals surface area contributed by atoms with E-state index in [1.54, 1.807) is 6.07 Å². The van der Waals surface area contributed by atoms with Crippen molar-refractivity contribution in [2.75, 3.05) is 37.6 Å². The minimum Gasteiger partial charge on any atom is -0.508 e. The van der Waals surface area contributed by atoms with Gasteiger partial charge in [0.1, 0.15) is 17.5 Å². The van der Waals surface area contributed by atoms with Gasteiger partial charge in [-0.15, -0.1) is 0 Å². The summed E-state index contributed by atoms with van der Waals surface area (Å²) in [6.45, 7) is 5.44. The van der Waals surface area contributed by atoms with Gasteiger partial charge >= 0.3 is 0 Å². The summed E-state index contributed by atoms with van der Waals surface area (Å²) in [5, 5.41) is 15.2. The summed E-state index contributed by atoms with van der Waals surface area (Å²) in [4.78, 5) is 45.7. The molecule has 1 unspecified atom stereocenters. The van der Waals surface area contributed by atoms with Crippen LogP contribution in [0.1, 0.15) is 101 Å². The average molecular weight is 712 g/mol. The molecule has 274 valence electrons. The van der Waals surface area contributed by atoms with E-state index in [0.717, 1.165) is 64.0 Å². The van der Waals surface area contributed by atoms with Gasteiger partial charge in [0.25, 0.3) is 5.91 Å². The third-order valence-electron chi connectivity index (χ3n) is 12.2. The number of benzene rings is 3. The largest absolute Gasteiger partial charge is 0.508 e. The van der Waals surface area contributed by atoms with Gasteiger partial charge in [0.15, 0.2) is 0 Å². The number of phenols is 1. The van der Waals surface area contributed by atoms with E-state index < -0.39 is 17.9 Å². The van der Waals surface area contributed by atoms with Crippen LogP contribution in [0.3, 0.4) is 0 Å². The van der Waals surface area contributed by atoms with Crippen molar-refractivity contribution >= 4 is 23.4 Å². The number of imide groups is 1. The van der Waals surface area contributed by atoms with E-state index >= 15 is 0 Å². The van der Waals surface area contributed by atoms with E-state index in [1.807, 2.05) is 24.4 Å². The summed E-state index contributed by atoms with van der Waals surface area (Å²) in [7, 11) is 0. The topological polar surface area (TPSA) is 115 Å². The highest BCUT2D eigenvalue weighted by atomic mass is 16.3. The Labute approximate surface area is 311 Å². The highest BCUT2D eigenvalue weighted by molar-refractivity contribution is 6.03. The summed E-state index contributed by atoms with van der Waals surface area (Å²) >= 11 is 0. The molecule has 9 heteroatoms. The van der Waals surface area contributed by atoms with Gasteiger partial charge in [0.05, 0.1) is 0 Å². The molecule has 4 heterocycles. The molecule has 1 aliphatic carbocycles. The molecule has 0 spiro atoms. The number of likely N-dealkylation sites (tertiary alicyclic amines) is 1. The molecule has 3 N–H and O–H groups in total. The first-order valence-corrected chi connectivity index (χ1v) is 19.4. The zero-order valence-electron chi connectivity index (χ0n) is 30.3. The molecule has 4 aliphatic rings. The number of fused-ring (bicyclic) bond motifs is 1. The van der Waals surface area contributed by atoms with Crippen LogP contribution < -0.4 is 15.5 Å². The Morgan fingerprint density at radius 3 is 2.26 bits per heavy atom. The van der Waals surface area contributed by atoms with Gasteiger partial charge in [-0.1, -0.05) is 54.6 Å². The number of carbonyl (C=O) groups is 3. The Balaban J connectivity index is 0.818. The molecule has 0 bridgehead atoms. The lowest BCUT2D eigenvalue weighted by Crippen LogP contribution is -2.52. The molecule has 1 aromatic heterocycles. The quantitative estimate of drug-likeness (QED) is 0.185. The minimum absolute atomic E-state index is 0.220. The Morgan fingerprint density at radius 2 is 1.55 bits per heavy atom. The second-order valence-electron chi connectivity index (χ2n) is 15.5. The van der Waals surface area contributed by atoms with Crippen LogP contribution in [0, 0.1) is 5.92 Å². The Hall–Kier alpha value is -5.02. The van der Waals surface area contributed by atoms with Crippen LogP contribution in [0.4, 0.5) is 5.69 Å². The van der Waals surface area contributed by atoms with E-state index in [-0.39, 0.29) is 23.9 Å². The fraction of sp³-hybridized carbons (Fsp3) is 0.409. The monoisotopic (exact) mass is 711 g/mol. The van der Waals surface area contributed by atoms with Gasteiger partial charge < -0.3 is 20.2 Å². The van der Waals surface area contributed by atoms with E-state index in [2.05, 4.69) is 86.1 Å². The van der Waals surface area contributed by atoms with Crippen molar-refractivity contribution < 1.29 is 19.5 Å². The molecule has 3 aliphatic heterocycles. The van der Waals surface area contributed by atoms with Gasteiger partial charge in [-0.05, 0) is 134 Å². The van der Waals surface area contributed by atoms with Gasteiger partial charge in [-0.2, -0.15) is 0 Å². The van der Waals surface area contributed by atoms with Crippen molar-refractivity contribution in [3.05, 3.63) is 125 Å². The number of nitrogens with zero attached hydrogens (tertiary/aromatic N) is 3. The number of carbonyl (C=O) groups excluding carboxylic acids is 3. The molecule has 4 aromatic rings. The van der Waals surface area contributed by atoms with Crippen molar-refractivity contribution in [3.63, 3.8) is 0 Å².